The second-order valence-corrected chi connectivity index (χ2v) is 4.49. The van der Waals surface area contributed by atoms with Crippen molar-refractivity contribution in [2.75, 3.05) is 0 Å². The lowest BCUT2D eigenvalue weighted by atomic mass is 10.1. The first-order valence-electron chi connectivity index (χ1n) is 5.57. The first kappa shape index (κ1) is 12.6. The smallest absolute Gasteiger partial charge is 0.187 e. The van der Waals surface area contributed by atoms with Crippen LogP contribution in [0.4, 0.5) is 0 Å². The van der Waals surface area contributed by atoms with Crippen LogP contribution in [0.15, 0.2) is 36.4 Å². The predicted octanol–water partition coefficient (Wildman–Crippen LogP) is 3.51. The Hall–Kier alpha value is -1.87. The highest BCUT2D eigenvalue weighted by atomic mass is 35.5. The van der Waals surface area contributed by atoms with Gasteiger partial charge in [0.05, 0.1) is 5.69 Å². The van der Waals surface area contributed by atoms with Gasteiger partial charge in [-0.1, -0.05) is 11.6 Å². The summed E-state index contributed by atoms with van der Waals surface area (Å²) in [6.07, 6.45) is 3.17. The molecule has 1 aromatic carbocycles. The molecule has 18 heavy (non-hydrogen) atoms. The minimum Gasteiger partial charge on any atom is -0.289 e. The van der Waals surface area contributed by atoms with Gasteiger partial charge in [-0.25, -0.2) is 4.68 Å². The Morgan fingerprint density at radius 3 is 2.50 bits per heavy atom. The van der Waals surface area contributed by atoms with E-state index in [9.17, 15) is 4.79 Å². The summed E-state index contributed by atoms with van der Waals surface area (Å²) in [6, 6.07) is 8.77. The highest BCUT2D eigenvalue weighted by molar-refractivity contribution is 6.30. The molecule has 0 fully saturated rings. The van der Waals surface area contributed by atoms with Crippen LogP contribution in [0.25, 0.3) is 6.20 Å². The van der Waals surface area contributed by atoms with E-state index in [1.165, 1.54) is 6.08 Å². The van der Waals surface area contributed by atoms with Crippen LogP contribution in [0, 0.1) is 13.8 Å². The molecule has 0 spiro atoms. The Balaban J connectivity index is 2.16. The Morgan fingerprint density at radius 2 is 1.94 bits per heavy atom. The minimum absolute atomic E-state index is 0.0702. The number of aromatic nitrogens is 2. The lowest BCUT2D eigenvalue weighted by Gasteiger charge is -1.97. The average Bonchev–Trinajstić information content (AvgIpc) is 2.66. The van der Waals surface area contributed by atoms with Crippen molar-refractivity contribution in [1.29, 1.82) is 0 Å². The summed E-state index contributed by atoms with van der Waals surface area (Å²) in [5, 5.41) is 4.87. The predicted molar refractivity (Wildman–Crippen MR) is 72.8 cm³/mol. The number of benzene rings is 1. The number of aryl methyl sites for hydroxylation is 2. The monoisotopic (exact) mass is 260 g/mol. The largest absolute Gasteiger partial charge is 0.289 e. The number of allylic oxidation sites excluding steroid dienone is 1. The fourth-order valence-corrected chi connectivity index (χ4v) is 1.77. The van der Waals surface area contributed by atoms with Gasteiger partial charge in [0.15, 0.2) is 5.78 Å². The zero-order valence-electron chi connectivity index (χ0n) is 10.2. The number of halogens is 1. The van der Waals surface area contributed by atoms with Crippen molar-refractivity contribution >= 4 is 23.6 Å². The molecule has 0 N–H and O–H groups in total. The van der Waals surface area contributed by atoms with Gasteiger partial charge < -0.3 is 0 Å². The van der Waals surface area contributed by atoms with Gasteiger partial charge in [0.25, 0.3) is 0 Å². The molecular weight excluding hydrogens is 248 g/mol. The molecule has 0 bridgehead atoms. The normalized spacial score (nSPS) is 11.1. The molecular formula is C14H13ClN2O. The summed E-state index contributed by atoms with van der Waals surface area (Å²) in [5.74, 6) is -0.0702. The molecule has 2 aromatic rings. The van der Waals surface area contributed by atoms with E-state index in [4.69, 9.17) is 11.6 Å². The molecule has 1 aromatic heterocycles. The number of rotatable bonds is 3. The van der Waals surface area contributed by atoms with E-state index in [1.54, 1.807) is 35.1 Å². The van der Waals surface area contributed by atoms with Crippen LogP contribution in [-0.2, 0) is 0 Å². The van der Waals surface area contributed by atoms with Crippen molar-refractivity contribution in [3.05, 3.63) is 58.4 Å². The van der Waals surface area contributed by atoms with E-state index in [2.05, 4.69) is 5.10 Å². The third-order valence-electron chi connectivity index (χ3n) is 2.54. The molecule has 0 aliphatic rings. The van der Waals surface area contributed by atoms with E-state index in [0.717, 1.165) is 11.4 Å². The second-order valence-electron chi connectivity index (χ2n) is 4.06. The number of hydrogen-bond acceptors (Lipinski definition) is 2. The Labute approximate surface area is 111 Å². The number of nitrogens with zero attached hydrogens (tertiary/aromatic N) is 2. The van der Waals surface area contributed by atoms with Crippen molar-refractivity contribution in [3.63, 3.8) is 0 Å². The lowest BCUT2D eigenvalue weighted by molar-refractivity contribution is 0.104. The van der Waals surface area contributed by atoms with Gasteiger partial charge in [-0.15, -0.1) is 0 Å². The lowest BCUT2D eigenvalue weighted by Crippen LogP contribution is -1.97. The Kier molecular flexibility index (Phi) is 3.63. The molecule has 92 valence electrons. The molecule has 0 saturated heterocycles. The molecule has 0 saturated carbocycles. The summed E-state index contributed by atoms with van der Waals surface area (Å²) in [5.41, 5.74) is 2.53. The zero-order chi connectivity index (χ0) is 13.1. The van der Waals surface area contributed by atoms with Gasteiger partial charge in [-0.05, 0) is 44.2 Å². The van der Waals surface area contributed by atoms with Crippen LogP contribution < -0.4 is 0 Å². The van der Waals surface area contributed by atoms with E-state index in [1.807, 2.05) is 19.9 Å². The highest BCUT2D eigenvalue weighted by Crippen LogP contribution is 2.10. The molecule has 2 rings (SSSR count). The SMILES string of the molecule is Cc1cc(C)n(/C=C/C(=O)c2ccc(Cl)cc2)n1. The molecule has 0 aliphatic carbocycles. The second kappa shape index (κ2) is 5.19. The van der Waals surface area contributed by atoms with Crippen LogP contribution in [0.1, 0.15) is 21.7 Å². The quantitative estimate of drug-likeness (QED) is 0.625. The molecule has 3 nitrogen and oxygen atoms in total. The summed E-state index contributed by atoms with van der Waals surface area (Å²) in [6.45, 7) is 3.86. The number of carbonyl (C=O) groups excluding carboxylic acids is 1. The van der Waals surface area contributed by atoms with Gasteiger partial charge >= 0.3 is 0 Å². The third kappa shape index (κ3) is 2.87. The summed E-state index contributed by atoms with van der Waals surface area (Å²) in [4.78, 5) is 11.9. The summed E-state index contributed by atoms with van der Waals surface area (Å²) in [7, 11) is 0. The number of hydrogen-bond donors (Lipinski definition) is 0. The highest BCUT2D eigenvalue weighted by Gasteiger charge is 2.02. The first-order chi connectivity index (χ1) is 8.56. The van der Waals surface area contributed by atoms with E-state index >= 15 is 0 Å². The number of carbonyl (C=O) groups is 1. The van der Waals surface area contributed by atoms with Crippen molar-refractivity contribution in [3.8, 4) is 0 Å². The summed E-state index contributed by atoms with van der Waals surface area (Å²) >= 11 is 5.77. The third-order valence-corrected chi connectivity index (χ3v) is 2.79. The molecule has 0 atom stereocenters. The molecule has 0 amide bonds. The summed E-state index contributed by atoms with van der Waals surface area (Å²) < 4.78 is 1.68. The minimum atomic E-state index is -0.0702. The van der Waals surface area contributed by atoms with Crippen LogP contribution in [0.2, 0.25) is 5.02 Å². The van der Waals surface area contributed by atoms with Crippen molar-refractivity contribution < 1.29 is 4.79 Å². The maximum absolute atomic E-state index is 11.9. The average molecular weight is 261 g/mol. The Morgan fingerprint density at radius 1 is 1.28 bits per heavy atom. The molecule has 1 heterocycles. The van der Waals surface area contributed by atoms with Gasteiger partial charge in [0.2, 0.25) is 0 Å². The first-order valence-corrected chi connectivity index (χ1v) is 5.95. The molecule has 0 aliphatic heterocycles. The van der Waals surface area contributed by atoms with E-state index in [-0.39, 0.29) is 5.78 Å². The van der Waals surface area contributed by atoms with Crippen LogP contribution in [0.5, 0.6) is 0 Å². The van der Waals surface area contributed by atoms with Crippen LogP contribution in [0.3, 0.4) is 0 Å². The van der Waals surface area contributed by atoms with Crippen molar-refractivity contribution in [2.24, 2.45) is 0 Å². The Bertz CT molecular complexity index is 597. The van der Waals surface area contributed by atoms with Gasteiger partial charge in [-0.2, -0.15) is 5.10 Å². The zero-order valence-corrected chi connectivity index (χ0v) is 11.0. The van der Waals surface area contributed by atoms with Crippen LogP contribution in [-0.4, -0.2) is 15.6 Å². The van der Waals surface area contributed by atoms with E-state index in [0.29, 0.717) is 10.6 Å². The molecule has 0 radical (unpaired) electrons. The standard InChI is InChI=1S/C14H13ClN2O/c1-10-9-11(2)17(16-10)8-7-14(18)12-3-5-13(15)6-4-12/h3-9H,1-2H3/b8-7+. The van der Waals surface area contributed by atoms with Crippen LogP contribution >= 0.6 is 11.6 Å². The van der Waals surface area contributed by atoms with Gasteiger partial charge in [-0.3, -0.25) is 4.79 Å². The van der Waals surface area contributed by atoms with Crippen molar-refractivity contribution in [1.82, 2.24) is 9.78 Å². The van der Waals surface area contributed by atoms with Crippen molar-refractivity contribution in [2.45, 2.75) is 13.8 Å². The fraction of sp³-hybridized carbons (Fsp3) is 0.143. The maximum Gasteiger partial charge on any atom is 0.187 e. The molecule has 4 heteroatoms. The fourth-order valence-electron chi connectivity index (χ4n) is 1.65. The number of ketones is 1. The van der Waals surface area contributed by atoms with E-state index < -0.39 is 0 Å². The topological polar surface area (TPSA) is 34.9 Å². The van der Waals surface area contributed by atoms with Gasteiger partial charge in [0, 0.05) is 28.6 Å². The molecule has 0 unspecified atom stereocenters. The maximum atomic E-state index is 11.9. The van der Waals surface area contributed by atoms with Gasteiger partial charge in [0.1, 0.15) is 0 Å².